The van der Waals surface area contributed by atoms with Crippen LogP contribution in [-0.2, 0) is 14.3 Å². The number of amides is 2. The Morgan fingerprint density at radius 3 is 3.00 bits per heavy atom. The number of ether oxygens (including phenoxy) is 1. The monoisotopic (exact) mass is 240 g/mol. The van der Waals surface area contributed by atoms with Crippen molar-refractivity contribution in [2.45, 2.75) is 38.2 Å². The molecule has 5 heteroatoms. The van der Waals surface area contributed by atoms with E-state index in [-0.39, 0.29) is 17.7 Å². The lowest BCUT2D eigenvalue weighted by Crippen LogP contribution is -2.43. The minimum absolute atomic E-state index is 0.0494. The molecule has 0 spiro atoms. The van der Waals surface area contributed by atoms with Gasteiger partial charge in [0.25, 0.3) is 0 Å². The summed E-state index contributed by atoms with van der Waals surface area (Å²) in [5, 5.41) is 5.64. The van der Waals surface area contributed by atoms with Crippen molar-refractivity contribution in [1.82, 2.24) is 10.6 Å². The van der Waals surface area contributed by atoms with Gasteiger partial charge in [0, 0.05) is 26.1 Å². The van der Waals surface area contributed by atoms with Gasteiger partial charge in [0.2, 0.25) is 11.8 Å². The van der Waals surface area contributed by atoms with E-state index in [2.05, 4.69) is 10.6 Å². The van der Waals surface area contributed by atoms with E-state index in [1.807, 2.05) is 0 Å². The number of piperidine rings is 1. The normalized spacial score (nSPS) is 28.8. The van der Waals surface area contributed by atoms with Gasteiger partial charge in [-0.1, -0.05) is 0 Å². The Kier molecular flexibility index (Phi) is 4.36. The van der Waals surface area contributed by atoms with Crippen LogP contribution in [0.25, 0.3) is 0 Å². The second-order valence-electron chi connectivity index (χ2n) is 4.75. The first-order valence-electron chi connectivity index (χ1n) is 6.41. The van der Waals surface area contributed by atoms with Crippen molar-refractivity contribution >= 4 is 11.8 Å². The Morgan fingerprint density at radius 2 is 2.35 bits per heavy atom. The number of rotatable bonds is 4. The zero-order valence-corrected chi connectivity index (χ0v) is 10.0. The lowest BCUT2D eigenvalue weighted by Gasteiger charge is -2.21. The molecule has 2 saturated heterocycles. The number of nitrogens with one attached hydrogen (secondary N) is 2. The van der Waals surface area contributed by atoms with Crippen molar-refractivity contribution in [2.75, 3.05) is 19.7 Å². The first-order valence-corrected chi connectivity index (χ1v) is 6.41. The van der Waals surface area contributed by atoms with E-state index in [1.165, 1.54) is 0 Å². The second-order valence-corrected chi connectivity index (χ2v) is 4.75. The minimum atomic E-state index is -0.0582. The molecule has 0 aliphatic carbocycles. The third-order valence-corrected chi connectivity index (χ3v) is 3.43. The van der Waals surface area contributed by atoms with Crippen LogP contribution >= 0.6 is 0 Å². The molecule has 0 aromatic rings. The van der Waals surface area contributed by atoms with E-state index in [0.29, 0.717) is 32.0 Å². The summed E-state index contributed by atoms with van der Waals surface area (Å²) in [5.74, 6) is 0.0496. The Labute approximate surface area is 101 Å². The van der Waals surface area contributed by atoms with Crippen LogP contribution in [0.1, 0.15) is 32.1 Å². The van der Waals surface area contributed by atoms with Gasteiger partial charge in [0.1, 0.15) is 0 Å². The summed E-state index contributed by atoms with van der Waals surface area (Å²) in [5.41, 5.74) is 0. The van der Waals surface area contributed by atoms with Crippen LogP contribution in [0.5, 0.6) is 0 Å². The van der Waals surface area contributed by atoms with Gasteiger partial charge in [-0.05, 0) is 25.7 Å². The van der Waals surface area contributed by atoms with Crippen molar-refractivity contribution in [3.05, 3.63) is 0 Å². The Hall–Kier alpha value is -1.10. The van der Waals surface area contributed by atoms with Crippen LogP contribution in [0.2, 0.25) is 0 Å². The van der Waals surface area contributed by atoms with Gasteiger partial charge < -0.3 is 15.4 Å². The topological polar surface area (TPSA) is 67.4 Å². The molecule has 0 saturated carbocycles. The first-order chi connectivity index (χ1) is 8.25. The molecule has 2 heterocycles. The van der Waals surface area contributed by atoms with Gasteiger partial charge in [-0.3, -0.25) is 9.59 Å². The summed E-state index contributed by atoms with van der Waals surface area (Å²) in [6, 6.07) is 0. The summed E-state index contributed by atoms with van der Waals surface area (Å²) in [6.07, 6.45) is 4.58. The first kappa shape index (κ1) is 12.4. The van der Waals surface area contributed by atoms with Gasteiger partial charge in [0.05, 0.1) is 12.0 Å². The molecule has 0 aromatic carbocycles. The summed E-state index contributed by atoms with van der Waals surface area (Å²) < 4.78 is 5.49. The van der Waals surface area contributed by atoms with Crippen LogP contribution in [0.3, 0.4) is 0 Å². The molecular weight excluding hydrogens is 220 g/mol. The van der Waals surface area contributed by atoms with Crippen molar-refractivity contribution in [1.29, 1.82) is 0 Å². The largest absolute Gasteiger partial charge is 0.378 e. The van der Waals surface area contributed by atoms with E-state index >= 15 is 0 Å². The quantitative estimate of drug-likeness (QED) is 0.737. The Balaban J connectivity index is 1.61. The Bertz CT molecular complexity index is 277. The molecule has 2 aliphatic rings. The highest BCUT2D eigenvalue weighted by Gasteiger charge is 2.24. The standard InChI is InChI=1S/C12H20N2O3/c15-11-4-3-9(8-14-11)12(16)13-6-5-10-2-1-7-17-10/h9-10H,1-8H2,(H,13,16)(H,14,15). The van der Waals surface area contributed by atoms with Crippen LogP contribution in [0, 0.1) is 5.92 Å². The fourth-order valence-electron chi connectivity index (χ4n) is 2.33. The molecule has 2 rings (SSSR count). The molecule has 0 radical (unpaired) electrons. The average molecular weight is 240 g/mol. The van der Waals surface area contributed by atoms with E-state index in [9.17, 15) is 9.59 Å². The van der Waals surface area contributed by atoms with Crippen molar-refractivity contribution in [2.24, 2.45) is 5.92 Å². The average Bonchev–Trinajstić information content (AvgIpc) is 2.83. The van der Waals surface area contributed by atoms with Crippen molar-refractivity contribution in [3.63, 3.8) is 0 Å². The van der Waals surface area contributed by atoms with Gasteiger partial charge in [-0.25, -0.2) is 0 Å². The highest BCUT2D eigenvalue weighted by atomic mass is 16.5. The van der Waals surface area contributed by atoms with Crippen LogP contribution in [0.4, 0.5) is 0 Å². The molecule has 2 atom stereocenters. The lowest BCUT2D eigenvalue weighted by atomic mass is 9.98. The predicted molar refractivity (Wildman–Crippen MR) is 62.3 cm³/mol. The van der Waals surface area contributed by atoms with Gasteiger partial charge in [-0.2, -0.15) is 0 Å². The molecule has 17 heavy (non-hydrogen) atoms. The van der Waals surface area contributed by atoms with E-state index in [0.717, 1.165) is 25.9 Å². The highest BCUT2D eigenvalue weighted by molar-refractivity contribution is 5.83. The van der Waals surface area contributed by atoms with Gasteiger partial charge >= 0.3 is 0 Å². The Morgan fingerprint density at radius 1 is 1.47 bits per heavy atom. The summed E-state index contributed by atoms with van der Waals surface area (Å²) >= 11 is 0. The number of carbonyl (C=O) groups is 2. The number of carbonyl (C=O) groups excluding carboxylic acids is 2. The fraction of sp³-hybridized carbons (Fsp3) is 0.833. The maximum Gasteiger partial charge on any atom is 0.224 e. The maximum atomic E-state index is 11.8. The molecule has 2 amide bonds. The third-order valence-electron chi connectivity index (χ3n) is 3.43. The van der Waals surface area contributed by atoms with E-state index in [4.69, 9.17) is 4.74 Å². The SMILES string of the molecule is O=C1CCC(C(=O)NCCC2CCCO2)CN1. The van der Waals surface area contributed by atoms with Gasteiger partial charge in [-0.15, -0.1) is 0 Å². The summed E-state index contributed by atoms with van der Waals surface area (Å²) in [4.78, 5) is 22.7. The molecule has 2 unspecified atom stereocenters. The van der Waals surface area contributed by atoms with Crippen molar-refractivity contribution in [3.8, 4) is 0 Å². The second kappa shape index (κ2) is 6.00. The molecule has 0 bridgehead atoms. The third kappa shape index (κ3) is 3.70. The van der Waals surface area contributed by atoms with Crippen LogP contribution < -0.4 is 10.6 Å². The molecule has 2 fully saturated rings. The zero-order valence-electron chi connectivity index (χ0n) is 10.0. The van der Waals surface area contributed by atoms with Gasteiger partial charge in [0.15, 0.2) is 0 Å². The van der Waals surface area contributed by atoms with Crippen LogP contribution in [0.15, 0.2) is 0 Å². The van der Waals surface area contributed by atoms with Crippen LogP contribution in [-0.4, -0.2) is 37.6 Å². The maximum absolute atomic E-state index is 11.8. The summed E-state index contributed by atoms with van der Waals surface area (Å²) in [6.45, 7) is 2.01. The van der Waals surface area contributed by atoms with E-state index in [1.54, 1.807) is 0 Å². The minimum Gasteiger partial charge on any atom is -0.378 e. The molecule has 2 aliphatic heterocycles. The molecule has 5 nitrogen and oxygen atoms in total. The molecule has 96 valence electrons. The lowest BCUT2D eigenvalue weighted by molar-refractivity contribution is -0.128. The zero-order chi connectivity index (χ0) is 12.1. The summed E-state index contributed by atoms with van der Waals surface area (Å²) in [7, 11) is 0. The van der Waals surface area contributed by atoms with Crippen molar-refractivity contribution < 1.29 is 14.3 Å². The molecule has 0 aromatic heterocycles. The highest BCUT2D eigenvalue weighted by Crippen LogP contribution is 2.15. The number of hydrogen-bond donors (Lipinski definition) is 2. The van der Waals surface area contributed by atoms with E-state index < -0.39 is 0 Å². The molecule has 2 N–H and O–H groups in total. The predicted octanol–water partition coefficient (Wildman–Crippen LogP) is 0.198. The smallest absolute Gasteiger partial charge is 0.224 e. The molecular formula is C12H20N2O3. The fourth-order valence-corrected chi connectivity index (χ4v) is 2.33. The number of hydrogen-bond acceptors (Lipinski definition) is 3.